The van der Waals surface area contributed by atoms with E-state index in [0.717, 1.165) is 19.5 Å². The summed E-state index contributed by atoms with van der Waals surface area (Å²) in [7, 11) is 2.05. The highest BCUT2D eigenvalue weighted by Gasteiger charge is 2.34. The van der Waals surface area contributed by atoms with Crippen LogP contribution in [0.3, 0.4) is 0 Å². The van der Waals surface area contributed by atoms with E-state index in [-0.39, 0.29) is 17.7 Å². The van der Waals surface area contributed by atoms with Gasteiger partial charge in [0.25, 0.3) is 0 Å². The number of likely N-dealkylation sites (tertiary alicyclic amines) is 1. The van der Waals surface area contributed by atoms with Crippen LogP contribution in [0.25, 0.3) is 0 Å². The second-order valence-corrected chi connectivity index (χ2v) is 7.00. The van der Waals surface area contributed by atoms with Crippen molar-refractivity contribution in [2.45, 2.75) is 26.7 Å². The van der Waals surface area contributed by atoms with Crippen LogP contribution in [0.2, 0.25) is 0 Å². The Kier molecular flexibility index (Phi) is 6.64. The molecule has 0 radical (unpaired) electrons. The van der Waals surface area contributed by atoms with Gasteiger partial charge in [0.05, 0.1) is 5.92 Å². The lowest BCUT2D eigenvalue weighted by atomic mass is 10.1. The van der Waals surface area contributed by atoms with Crippen LogP contribution in [0.1, 0.15) is 26.7 Å². The molecular weight excluding hydrogens is 302 g/mol. The van der Waals surface area contributed by atoms with E-state index in [4.69, 9.17) is 0 Å². The summed E-state index contributed by atoms with van der Waals surface area (Å²) in [6, 6.07) is 10.2. The van der Waals surface area contributed by atoms with Crippen molar-refractivity contribution in [3.8, 4) is 0 Å². The molecule has 2 rings (SSSR count). The van der Waals surface area contributed by atoms with Gasteiger partial charge in [-0.2, -0.15) is 0 Å². The average Bonchev–Trinajstić information content (AvgIpc) is 2.92. The van der Waals surface area contributed by atoms with Crippen LogP contribution >= 0.6 is 0 Å². The first-order valence-corrected chi connectivity index (χ1v) is 8.79. The standard InChI is InChI=1S/C19H29N3O2/c1-15(2)13-22-14-16(12-18(22)23)19(24)20-10-7-11-21(3)17-8-5-4-6-9-17/h4-6,8-9,15-16H,7,10-14H2,1-3H3,(H,20,24)/t16-/m1/s1. The number of para-hydroxylation sites is 1. The molecule has 5 heteroatoms. The summed E-state index contributed by atoms with van der Waals surface area (Å²) in [5, 5.41) is 2.98. The van der Waals surface area contributed by atoms with Crippen LogP contribution in [0.5, 0.6) is 0 Å². The second-order valence-electron chi connectivity index (χ2n) is 7.00. The highest BCUT2D eigenvalue weighted by atomic mass is 16.2. The van der Waals surface area contributed by atoms with Gasteiger partial charge in [-0.3, -0.25) is 9.59 Å². The van der Waals surface area contributed by atoms with Crippen molar-refractivity contribution in [3.63, 3.8) is 0 Å². The molecule has 1 aliphatic heterocycles. The van der Waals surface area contributed by atoms with Crippen LogP contribution < -0.4 is 10.2 Å². The van der Waals surface area contributed by atoms with Gasteiger partial charge in [0.2, 0.25) is 11.8 Å². The number of hydrogen-bond donors (Lipinski definition) is 1. The van der Waals surface area contributed by atoms with Crippen LogP contribution in [-0.4, -0.2) is 49.9 Å². The van der Waals surface area contributed by atoms with Crippen molar-refractivity contribution in [3.05, 3.63) is 30.3 Å². The summed E-state index contributed by atoms with van der Waals surface area (Å²) in [6.07, 6.45) is 1.23. The van der Waals surface area contributed by atoms with E-state index in [1.54, 1.807) is 0 Å². The first-order valence-electron chi connectivity index (χ1n) is 8.79. The Morgan fingerprint density at radius 2 is 2.04 bits per heavy atom. The Morgan fingerprint density at radius 3 is 2.71 bits per heavy atom. The zero-order chi connectivity index (χ0) is 17.5. The fraction of sp³-hybridized carbons (Fsp3) is 0.579. The highest BCUT2D eigenvalue weighted by Crippen LogP contribution is 2.19. The third kappa shape index (κ3) is 5.25. The van der Waals surface area contributed by atoms with Gasteiger partial charge in [0, 0.05) is 45.3 Å². The Balaban J connectivity index is 1.67. The third-order valence-corrected chi connectivity index (χ3v) is 4.34. The number of benzene rings is 1. The molecule has 1 fully saturated rings. The topological polar surface area (TPSA) is 52.7 Å². The number of nitrogens with one attached hydrogen (secondary N) is 1. The second kappa shape index (κ2) is 8.71. The third-order valence-electron chi connectivity index (χ3n) is 4.34. The van der Waals surface area contributed by atoms with Gasteiger partial charge in [0.15, 0.2) is 0 Å². The Labute approximate surface area is 145 Å². The lowest BCUT2D eigenvalue weighted by molar-refractivity contribution is -0.129. The largest absolute Gasteiger partial charge is 0.375 e. The summed E-state index contributed by atoms with van der Waals surface area (Å²) in [6.45, 7) is 7.00. The number of carbonyl (C=O) groups excluding carboxylic acids is 2. The van der Waals surface area contributed by atoms with E-state index in [1.807, 2.05) is 23.1 Å². The SMILES string of the molecule is CC(C)CN1C[C@H](C(=O)NCCCN(C)c2ccccc2)CC1=O. The first kappa shape index (κ1) is 18.3. The van der Waals surface area contributed by atoms with Crippen LogP contribution in [0.15, 0.2) is 30.3 Å². The number of hydrogen-bond acceptors (Lipinski definition) is 3. The minimum Gasteiger partial charge on any atom is -0.375 e. The van der Waals surface area contributed by atoms with Crippen molar-refractivity contribution in [1.29, 1.82) is 0 Å². The molecule has 0 saturated carbocycles. The van der Waals surface area contributed by atoms with Crippen molar-refractivity contribution in [2.24, 2.45) is 11.8 Å². The molecular formula is C19H29N3O2. The quantitative estimate of drug-likeness (QED) is 0.743. The molecule has 1 heterocycles. The molecule has 0 spiro atoms. The van der Waals surface area contributed by atoms with Gasteiger partial charge in [-0.25, -0.2) is 0 Å². The van der Waals surface area contributed by atoms with Gasteiger partial charge in [0.1, 0.15) is 0 Å². The molecule has 5 nitrogen and oxygen atoms in total. The van der Waals surface area contributed by atoms with Crippen LogP contribution in [0.4, 0.5) is 5.69 Å². The van der Waals surface area contributed by atoms with Crippen molar-refractivity contribution < 1.29 is 9.59 Å². The molecule has 1 aromatic carbocycles. The summed E-state index contributed by atoms with van der Waals surface area (Å²) in [5.41, 5.74) is 1.18. The number of anilines is 1. The summed E-state index contributed by atoms with van der Waals surface area (Å²) in [5.74, 6) is 0.358. The maximum atomic E-state index is 12.2. The lowest BCUT2D eigenvalue weighted by Gasteiger charge is -2.20. The van der Waals surface area contributed by atoms with Crippen LogP contribution in [-0.2, 0) is 9.59 Å². The van der Waals surface area contributed by atoms with Gasteiger partial charge in [-0.15, -0.1) is 0 Å². The fourth-order valence-corrected chi connectivity index (χ4v) is 3.05. The number of carbonyl (C=O) groups is 2. The molecule has 0 unspecified atom stereocenters. The minimum absolute atomic E-state index is 0.0111. The Bertz CT molecular complexity index is 545. The van der Waals surface area contributed by atoms with E-state index in [9.17, 15) is 9.59 Å². The zero-order valence-electron chi connectivity index (χ0n) is 15.0. The van der Waals surface area contributed by atoms with Crippen molar-refractivity contribution in [2.75, 3.05) is 38.1 Å². The molecule has 1 atom stereocenters. The fourth-order valence-electron chi connectivity index (χ4n) is 3.05. The molecule has 24 heavy (non-hydrogen) atoms. The predicted molar refractivity (Wildman–Crippen MR) is 96.9 cm³/mol. The van der Waals surface area contributed by atoms with E-state index in [2.05, 4.69) is 43.2 Å². The maximum absolute atomic E-state index is 12.2. The van der Waals surface area contributed by atoms with E-state index in [0.29, 0.717) is 25.4 Å². The summed E-state index contributed by atoms with van der Waals surface area (Å²) >= 11 is 0. The highest BCUT2D eigenvalue weighted by molar-refractivity contribution is 5.89. The maximum Gasteiger partial charge on any atom is 0.225 e. The van der Waals surface area contributed by atoms with E-state index < -0.39 is 0 Å². The molecule has 0 bridgehead atoms. The average molecular weight is 331 g/mol. The molecule has 0 aromatic heterocycles. The zero-order valence-corrected chi connectivity index (χ0v) is 15.0. The summed E-state index contributed by atoms with van der Waals surface area (Å²) in [4.78, 5) is 28.2. The van der Waals surface area contributed by atoms with E-state index >= 15 is 0 Å². The van der Waals surface area contributed by atoms with Gasteiger partial charge in [-0.05, 0) is 24.5 Å². The molecule has 132 valence electrons. The smallest absolute Gasteiger partial charge is 0.225 e. The normalized spacial score (nSPS) is 17.4. The van der Waals surface area contributed by atoms with Gasteiger partial charge < -0.3 is 15.1 Å². The Morgan fingerprint density at radius 1 is 1.33 bits per heavy atom. The molecule has 1 saturated heterocycles. The molecule has 2 amide bonds. The van der Waals surface area contributed by atoms with Crippen molar-refractivity contribution in [1.82, 2.24) is 10.2 Å². The molecule has 1 aromatic rings. The predicted octanol–water partition coefficient (Wildman–Crippen LogP) is 2.13. The number of rotatable bonds is 8. The van der Waals surface area contributed by atoms with Gasteiger partial charge >= 0.3 is 0 Å². The monoisotopic (exact) mass is 331 g/mol. The van der Waals surface area contributed by atoms with E-state index in [1.165, 1.54) is 5.69 Å². The molecule has 1 N–H and O–H groups in total. The number of nitrogens with zero attached hydrogens (tertiary/aromatic N) is 2. The number of amides is 2. The lowest BCUT2D eigenvalue weighted by Crippen LogP contribution is -2.35. The van der Waals surface area contributed by atoms with Crippen LogP contribution in [0, 0.1) is 11.8 Å². The summed E-state index contributed by atoms with van der Waals surface area (Å²) < 4.78 is 0. The van der Waals surface area contributed by atoms with Crippen molar-refractivity contribution >= 4 is 17.5 Å². The molecule has 0 aliphatic carbocycles. The molecule has 1 aliphatic rings. The first-order chi connectivity index (χ1) is 11.5. The van der Waals surface area contributed by atoms with Gasteiger partial charge in [-0.1, -0.05) is 32.0 Å². The Hall–Kier alpha value is -2.04. The minimum atomic E-state index is -0.192.